The zero-order valence-corrected chi connectivity index (χ0v) is 12.0. The van der Waals surface area contributed by atoms with Crippen LogP contribution in [0.5, 0.6) is 0 Å². The molecule has 1 fully saturated rings. The van der Waals surface area contributed by atoms with Crippen LogP contribution in [-0.2, 0) is 4.74 Å². The Morgan fingerprint density at radius 1 is 1.40 bits per heavy atom. The van der Waals surface area contributed by atoms with Gasteiger partial charge in [-0.15, -0.1) is 0 Å². The molecule has 0 saturated carbocycles. The monoisotopic (exact) mass is 280 g/mol. The maximum absolute atomic E-state index is 13.1. The van der Waals surface area contributed by atoms with Crippen LogP contribution >= 0.6 is 0 Å². The molecule has 1 aliphatic rings. The highest BCUT2D eigenvalue weighted by molar-refractivity contribution is 5.94. The molecular formula is C15H21FN2O2. The van der Waals surface area contributed by atoms with Gasteiger partial charge >= 0.3 is 0 Å². The smallest absolute Gasteiger partial charge is 0.251 e. The van der Waals surface area contributed by atoms with Gasteiger partial charge in [0.2, 0.25) is 0 Å². The number of hydrogen-bond donors (Lipinski definition) is 1. The Hall–Kier alpha value is -1.46. The number of likely N-dealkylation sites (N-methyl/N-ethyl adjacent to an activating group) is 1. The fourth-order valence-corrected chi connectivity index (χ4v) is 2.51. The van der Waals surface area contributed by atoms with Crippen LogP contribution in [0.25, 0.3) is 0 Å². The van der Waals surface area contributed by atoms with Gasteiger partial charge in [-0.25, -0.2) is 4.39 Å². The molecule has 1 N–H and O–H groups in total. The zero-order chi connectivity index (χ0) is 14.6. The third kappa shape index (κ3) is 3.35. The van der Waals surface area contributed by atoms with Crippen LogP contribution in [0.15, 0.2) is 24.3 Å². The molecule has 1 aromatic carbocycles. The first-order valence-corrected chi connectivity index (χ1v) is 6.82. The number of hydrogen-bond acceptors (Lipinski definition) is 3. The summed E-state index contributed by atoms with van der Waals surface area (Å²) in [6.07, 6.45) is 1.76. The van der Waals surface area contributed by atoms with E-state index >= 15 is 0 Å². The van der Waals surface area contributed by atoms with Crippen LogP contribution in [0.3, 0.4) is 0 Å². The summed E-state index contributed by atoms with van der Waals surface area (Å²) in [6, 6.07) is 5.74. The predicted octanol–water partition coefficient (Wildman–Crippen LogP) is 1.67. The maximum Gasteiger partial charge on any atom is 0.251 e. The maximum atomic E-state index is 13.1. The summed E-state index contributed by atoms with van der Waals surface area (Å²) in [5.41, 5.74) is 0.271. The van der Waals surface area contributed by atoms with E-state index in [2.05, 4.69) is 10.2 Å². The Bertz CT molecular complexity index is 471. The first kappa shape index (κ1) is 14.9. The van der Waals surface area contributed by atoms with Crippen molar-refractivity contribution in [2.75, 3.05) is 33.9 Å². The molecule has 0 aromatic heterocycles. The molecule has 0 unspecified atom stereocenters. The normalized spacial score (nSPS) is 18.0. The molecule has 5 heteroatoms. The lowest BCUT2D eigenvalue weighted by Gasteiger charge is -2.42. The van der Waals surface area contributed by atoms with E-state index in [1.165, 1.54) is 12.1 Å². The van der Waals surface area contributed by atoms with Crippen molar-refractivity contribution in [3.63, 3.8) is 0 Å². The minimum absolute atomic E-state index is 0.0821. The van der Waals surface area contributed by atoms with E-state index in [9.17, 15) is 9.18 Å². The molecule has 4 nitrogen and oxygen atoms in total. The highest BCUT2D eigenvalue weighted by Gasteiger charge is 2.35. The largest absolute Gasteiger partial charge is 0.381 e. The van der Waals surface area contributed by atoms with Crippen LogP contribution in [0, 0.1) is 5.82 Å². The Balaban J connectivity index is 2.00. The first-order chi connectivity index (χ1) is 9.53. The number of ether oxygens (including phenoxy) is 1. The third-order valence-corrected chi connectivity index (χ3v) is 4.04. The van der Waals surface area contributed by atoms with E-state index < -0.39 is 5.82 Å². The van der Waals surface area contributed by atoms with Gasteiger partial charge in [-0.1, -0.05) is 6.07 Å². The third-order valence-electron chi connectivity index (χ3n) is 4.04. The predicted molar refractivity (Wildman–Crippen MR) is 75.2 cm³/mol. The first-order valence-electron chi connectivity index (χ1n) is 6.82. The highest BCUT2D eigenvalue weighted by atomic mass is 19.1. The quantitative estimate of drug-likeness (QED) is 0.912. The van der Waals surface area contributed by atoms with Gasteiger partial charge in [-0.2, -0.15) is 0 Å². The van der Waals surface area contributed by atoms with Crippen LogP contribution in [0.2, 0.25) is 0 Å². The van der Waals surface area contributed by atoms with Crippen LogP contribution in [-0.4, -0.2) is 50.2 Å². The summed E-state index contributed by atoms with van der Waals surface area (Å²) >= 11 is 0. The Kier molecular flexibility index (Phi) is 4.73. The van der Waals surface area contributed by atoms with Crippen molar-refractivity contribution in [1.29, 1.82) is 0 Å². The van der Waals surface area contributed by atoms with E-state index in [1.54, 1.807) is 12.1 Å². The number of carbonyl (C=O) groups is 1. The van der Waals surface area contributed by atoms with Crippen molar-refractivity contribution < 1.29 is 13.9 Å². The number of nitrogens with zero attached hydrogens (tertiary/aromatic N) is 1. The second-order valence-corrected chi connectivity index (χ2v) is 5.42. The molecule has 0 spiro atoms. The van der Waals surface area contributed by atoms with Crippen LogP contribution in [0.4, 0.5) is 4.39 Å². The topological polar surface area (TPSA) is 41.6 Å². The van der Waals surface area contributed by atoms with E-state index in [1.807, 2.05) is 14.1 Å². The second-order valence-electron chi connectivity index (χ2n) is 5.42. The summed E-state index contributed by atoms with van der Waals surface area (Å²) in [7, 11) is 4.03. The van der Waals surface area contributed by atoms with Crippen LogP contribution < -0.4 is 5.32 Å². The molecule has 110 valence electrons. The zero-order valence-electron chi connectivity index (χ0n) is 12.0. The van der Waals surface area contributed by atoms with Crippen molar-refractivity contribution >= 4 is 5.91 Å². The molecule has 1 aliphatic heterocycles. The number of nitrogens with one attached hydrogen (secondary N) is 1. The molecule has 2 rings (SSSR count). The summed E-state index contributed by atoms with van der Waals surface area (Å²) in [4.78, 5) is 14.2. The summed E-state index contributed by atoms with van der Waals surface area (Å²) < 4.78 is 18.5. The number of benzene rings is 1. The molecule has 1 amide bonds. The SMILES string of the molecule is CN(C)C1(CNC(=O)c2cccc(F)c2)CCOCC1. The summed E-state index contributed by atoms with van der Waals surface area (Å²) in [5.74, 6) is -0.636. The van der Waals surface area contributed by atoms with Gasteiger partial charge in [0.05, 0.1) is 0 Å². The van der Waals surface area contributed by atoms with E-state index in [4.69, 9.17) is 4.74 Å². The Morgan fingerprint density at radius 3 is 2.70 bits per heavy atom. The summed E-state index contributed by atoms with van der Waals surface area (Å²) in [5, 5.41) is 2.92. The lowest BCUT2D eigenvalue weighted by molar-refractivity contribution is -0.00658. The average Bonchev–Trinajstić information content (AvgIpc) is 2.45. The van der Waals surface area contributed by atoms with Crippen LogP contribution in [0.1, 0.15) is 23.2 Å². The van der Waals surface area contributed by atoms with E-state index in [0.29, 0.717) is 25.3 Å². The van der Waals surface area contributed by atoms with Gasteiger partial charge in [-0.05, 0) is 45.1 Å². The lowest BCUT2D eigenvalue weighted by Crippen LogP contribution is -2.55. The molecule has 1 saturated heterocycles. The van der Waals surface area contributed by atoms with Gasteiger partial charge in [0.15, 0.2) is 0 Å². The molecule has 0 radical (unpaired) electrons. The van der Waals surface area contributed by atoms with Gasteiger partial charge in [0.1, 0.15) is 5.82 Å². The lowest BCUT2D eigenvalue weighted by atomic mass is 9.88. The number of carbonyl (C=O) groups excluding carboxylic acids is 1. The highest BCUT2D eigenvalue weighted by Crippen LogP contribution is 2.25. The Morgan fingerprint density at radius 2 is 2.10 bits per heavy atom. The molecule has 1 aromatic rings. The van der Waals surface area contributed by atoms with Crippen molar-refractivity contribution in [3.05, 3.63) is 35.6 Å². The second kappa shape index (κ2) is 6.33. The molecule has 0 aliphatic carbocycles. The fourth-order valence-electron chi connectivity index (χ4n) is 2.51. The Labute approximate surface area is 118 Å². The van der Waals surface area contributed by atoms with Crippen molar-refractivity contribution in [3.8, 4) is 0 Å². The molecule has 0 atom stereocenters. The van der Waals surface area contributed by atoms with Gasteiger partial charge < -0.3 is 15.0 Å². The molecule has 0 bridgehead atoms. The van der Waals surface area contributed by atoms with Gasteiger partial charge in [0.25, 0.3) is 5.91 Å². The standard InChI is InChI=1S/C15H21FN2O2/c1-18(2)15(6-8-20-9-7-15)11-17-14(19)12-4-3-5-13(16)10-12/h3-5,10H,6-9,11H2,1-2H3,(H,17,19). The summed E-state index contributed by atoms with van der Waals surface area (Å²) in [6.45, 7) is 1.95. The fraction of sp³-hybridized carbons (Fsp3) is 0.533. The minimum atomic E-state index is -0.397. The molecular weight excluding hydrogens is 259 g/mol. The van der Waals surface area contributed by atoms with Gasteiger partial charge in [-0.3, -0.25) is 4.79 Å². The minimum Gasteiger partial charge on any atom is -0.381 e. The number of amides is 1. The van der Waals surface area contributed by atoms with E-state index in [-0.39, 0.29) is 11.4 Å². The van der Waals surface area contributed by atoms with E-state index in [0.717, 1.165) is 12.8 Å². The van der Waals surface area contributed by atoms with Crippen molar-refractivity contribution in [2.24, 2.45) is 0 Å². The number of halogens is 1. The molecule has 20 heavy (non-hydrogen) atoms. The van der Waals surface area contributed by atoms with Gasteiger partial charge in [0, 0.05) is 30.9 Å². The van der Waals surface area contributed by atoms with Crippen molar-refractivity contribution in [1.82, 2.24) is 10.2 Å². The van der Waals surface area contributed by atoms with Crippen molar-refractivity contribution in [2.45, 2.75) is 18.4 Å². The average molecular weight is 280 g/mol. The molecule has 1 heterocycles. The number of rotatable bonds is 4.